The van der Waals surface area contributed by atoms with Crippen molar-refractivity contribution in [3.8, 4) is 11.5 Å². The topological polar surface area (TPSA) is 84.9 Å². The fourth-order valence-corrected chi connectivity index (χ4v) is 4.81. The van der Waals surface area contributed by atoms with E-state index in [1.165, 1.54) is 10.4 Å². The Labute approximate surface area is 185 Å². The molecule has 2 aromatic rings. The number of hydrogen-bond donors (Lipinski definition) is 1. The Bertz CT molecular complexity index is 985. The van der Waals surface area contributed by atoms with Crippen molar-refractivity contribution in [3.05, 3.63) is 48.0 Å². The molecular weight excluding hydrogens is 416 g/mol. The average molecular weight is 449 g/mol. The van der Waals surface area contributed by atoms with Gasteiger partial charge in [0, 0.05) is 18.8 Å². The first-order valence-corrected chi connectivity index (χ1v) is 12.0. The average Bonchev–Trinajstić information content (AvgIpc) is 2.74. The first kappa shape index (κ1) is 24.7. The molecule has 0 heterocycles. The third-order valence-corrected chi connectivity index (χ3v) is 6.82. The highest BCUT2D eigenvalue weighted by Gasteiger charge is 2.26. The Morgan fingerprint density at radius 1 is 1.00 bits per heavy atom. The molecule has 0 bridgehead atoms. The fraction of sp³-hybridized carbons (Fsp3) is 0.435. The molecule has 0 spiro atoms. The monoisotopic (exact) mass is 448 g/mol. The van der Waals surface area contributed by atoms with Crippen molar-refractivity contribution < 1.29 is 22.7 Å². The quantitative estimate of drug-likeness (QED) is 0.555. The lowest BCUT2D eigenvalue weighted by molar-refractivity contribution is -0.118. The summed E-state index contributed by atoms with van der Waals surface area (Å²) in [6, 6.07) is 12.2. The summed E-state index contributed by atoms with van der Waals surface area (Å²) in [5.41, 5.74) is 1.38. The maximum Gasteiger partial charge on any atom is 0.262 e. The minimum Gasteiger partial charge on any atom is -0.492 e. The second kappa shape index (κ2) is 11.2. The van der Waals surface area contributed by atoms with Gasteiger partial charge in [-0.2, -0.15) is 4.31 Å². The van der Waals surface area contributed by atoms with Gasteiger partial charge in [-0.25, -0.2) is 8.42 Å². The molecule has 0 radical (unpaired) electrons. The van der Waals surface area contributed by atoms with E-state index in [2.05, 4.69) is 19.2 Å². The Morgan fingerprint density at radius 3 is 2.29 bits per heavy atom. The van der Waals surface area contributed by atoms with Crippen LogP contribution in [0.15, 0.2) is 47.4 Å². The molecule has 170 valence electrons. The molecule has 0 atom stereocenters. The minimum absolute atomic E-state index is 0.0296. The summed E-state index contributed by atoms with van der Waals surface area (Å²) in [5, 5.41) is 2.72. The number of nitrogens with one attached hydrogen (secondary N) is 1. The second-order valence-electron chi connectivity index (χ2n) is 7.21. The van der Waals surface area contributed by atoms with Gasteiger partial charge in [0.25, 0.3) is 5.91 Å². The predicted molar refractivity (Wildman–Crippen MR) is 122 cm³/mol. The smallest absolute Gasteiger partial charge is 0.262 e. The number of rotatable bonds is 11. The number of hydrogen-bond acceptors (Lipinski definition) is 5. The lowest BCUT2D eigenvalue weighted by atomic mass is 10.0. The Kier molecular flexibility index (Phi) is 8.88. The van der Waals surface area contributed by atoms with Crippen molar-refractivity contribution in [3.63, 3.8) is 0 Å². The highest BCUT2D eigenvalue weighted by Crippen LogP contribution is 2.30. The number of ether oxygens (including phenoxy) is 2. The van der Waals surface area contributed by atoms with Crippen LogP contribution in [0.4, 0.5) is 5.69 Å². The summed E-state index contributed by atoms with van der Waals surface area (Å²) in [5.74, 6) is 0.797. The van der Waals surface area contributed by atoms with Gasteiger partial charge in [0.15, 0.2) is 6.61 Å². The van der Waals surface area contributed by atoms with Gasteiger partial charge >= 0.3 is 0 Å². The van der Waals surface area contributed by atoms with E-state index in [1.54, 1.807) is 32.9 Å². The third-order valence-electron chi connectivity index (χ3n) is 4.75. The van der Waals surface area contributed by atoms with Crippen LogP contribution in [-0.4, -0.2) is 44.9 Å². The van der Waals surface area contributed by atoms with Crippen molar-refractivity contribution in [2.24, 2.45) is 0 Å². The Hall–Kier alpha value is -2.58. The molecule has 0 saturated heterocycles. The van der Waals surface area contributed by atoms with Crippen LogP contribution < -0.4 is 14.8 Å². The van der Waals surface area contributed by atoms with E-state index in [9.17, 15) is 13.2 Å². The zero-order chi connectivity index (χ0) is 23.0. The van der Waals surface area contributed by atoms with Crippen LogP contribution in [0.1, 0.15) is 46.1 Å². The minimum atomic E-state index is -3.76. The van der Waals surface area contributed by atoms with E-state index in [0.717, 1.165) is 5.56 Å². The van der Waals surface area contributed by atoms with Crippen LogP contribution in [0.25, 0.3) is 0 Å². The molecule has 1 N–H and O–H groups in total. The number of sulfonamides is 1. The molecule has 0 unspecified atom stereocenters. The zero-order valence-corrected chi connectivity index (χ0v) is 19.7. The van der Waals surface area contributed by atoms with Crippen LogP contribution >= 0.6 is 0 Å². The summed E-state index contributed by atoms with van der Waals surface area (Å²) in [4.78, 5) is 12.5. The van der Waals surface area contributed by atoms with Crippen molar-refractivity contribution in [1.29, 1.82) is 0 Å². The molecule has 0 aliphatic rings. The fourth-order valence-electron chi connectivity index (χ4n) is 3.19. The van der Waals surface area contributed by atoms with Gasteiger partial charge in [0.2, 0.25) is 10.0 Å². The number of carbonyl (C=O) groups is 1. The summed E-state index contributed by atoms with van der Waals surface area (Å²) in [6.07, 6.45) is 0. The Morgan fingerprint density at radius 2 is 1.68 bits per heavy atom. The van der Waals surface area contributed by atoms with Gasteiger partial charge in [-0.05, 0) is 42.7 Å². The van der Waals surface area contributed by atoms with E-state index in [-0.39, 0.29) is 29.1 Å². The lowest BCUT2D eigenvalue weighted by Crippen LogP contribution is -2.31. The highest BCUT2D eigenvalue weighted by molar-refractivity contribution is 7.89. The molecule has 0 aromatic heterocycles. The molecule has 2 aromatic carbocycles. The second-order valence-corrected chi connectivity index (χ2v) is 9.12. The van der Waals surface area contributed by atoms with E-state index in [1.807, 2.05) is 24.3 Å². The van der Waals surface area contributed by atoms with Crippen molar-refractivity contribution >= 4 is 21.6 Å². The third kappa shape index (κ3) is 6.21. The molecule has 0 aliphatic carbocycles. The first-order valence-electron chi connectivity index (χ1n) is 10.5. The maximum absolute atomic E-state index is 13.0. The van der Waals surface area contributed by atoms with Crippen LogP contribution in [0.2, 0.25) is 0 Å². The molecule has 31 heavy (non-hydrogen) atoms. The van der Waals surface area contributed by atoms with Gasteiger partial charge in [-0.1, -0.05) is 45.9 Å². The summed E-state index contributed by atoms with van der Waals surface area (Å²) < 4.78 is 38.7. The number of anilines is 1. The summed E-state index contributed by atoms with van der Waals surface area (Å²) in [7, 11) is -3.76. The largest absolute Gasteiger partial charge is 0.492 e. The molecule has 1 amide bonds. The molecule has 0 aliphatic heterocycles. The number of amides is 1. The lowest BCUT2D eigenvalue weighted by Gasteiger charge is -2.21. The van der Waals surface area contributed by atoms with Crippen LogP contribution in [0, 0.1) is 0 Å². The van der Waals surface area contributed by atoms with Gasteiger partial charge < -0.3 is 14.8 Å². The van der Waals surface area contributed by atoms with Gasteiger partial charge in [0.1, 0.15) is 16.4 Å². The molecule has 7 nitrogen and oxygen atoms in total. The maximum atomic E-state index is 13.0. The van der Waals surface area contributed by atoms with E-state index in [0.29, 0.717) is 31.1 Å². The number of carbonyl (C=O) groups excluding carboxylic acids is 1. The summed E-state index contributed by atoms with van der Waals surface area (Å²) >= 11 is 0. The van der Waals surface area contributed by atoms with Crippen molar-refractivity contribution in [2.75, 3.05) is 31.6 Å². The molecule has 2 rings (SSSR count). The van der Waals surface area contributed by atoms with E-state index in [4.69, 9.17) is 9.47 Å². The predicted octanol–water partition coefficient (Wildman–Crippen LogP) is 4.26. The van der Waals surface area contributed by atoms with Gasteiger partial charge in [-0.3, -0.25) is 4.79 Å². The SMILES string of the molecule is CCOc1ccc(NC(=O)COc2ccccc2C(C)C)cc1S(=O)(=O)N(CC)CC. The highest BCUT2D eigenvalue weighted by atomic mass is 32.2. The molecule has 0 fully saturated rings. The first-order chi connectivity index (χ1) is 14.7. The Balaban J connectivity index is 2.21. The number of nitrogens with zero attached hydrogens (tertiary/aromatic N) is 1. The standard InChI is InChI=1S/C23H32N2O5S/c1-6-25(7-2)31(27,28)22-15-18(13-14-21(22)29-8-3)24-23(26)16-30-20-12-10-9-11-19(20)17(4)5/h9-15,17H,6-8,16H2,1-5H3,(H,24,26). The van der Waals surface area contributed by atoms with Crippen LogP contribution in [0.5, 0.6) is 11.5 Å². The number of benzene rings is 2. The van der Waals surface area contributed by atoms with Crippen LogP contribution in [-0.2, 0) is 14.8 Å². The van der Waals surface area contributed by atoms with Gasteiger partial charge in [0.05, 0.1) is 6.61 Å². The van der Waals surface area contributed by atoms with Gasteiger partial charge in [-0.15, -0.1) is 0 Å². The molecular formula is C23H32N2O5S. The van der Waals surface area contributed by atoms with Crippen molar-refractivity contribution in [1.82, 2.24) is 4.31 Å². The molecule has 0 saturated carbocycles. The normalized spacial score (nSPS) is 11.6. The van der Waals surface area contributed by atoms with Crippen molar-refractivity contribution in [2.45, 2.75) is 45.4 Å². The van der Waals surface area contributed by atoms with Crippen LogP contribution in [0.3, 0.4) is 0 Å². The molecule has 8 heteroatoms. The number of para-hydroxylation sites is 1. The summed E-state index contributed by atoms with van der Waals surface area (Å²) in [6.45, 7) is 10.3. The zero-order valence-electron chi connectivity index (χ0n) is 18.8. The van der Waals surface area contributed by atoms with E-state index < -0.39 is 10.0 Å². The van der Waals surface area contributed by atoms with E-state index >= 15 is 0 Å².